The van der Waals surface area contributed by atoms with Crippen LogP contribution in [0.25, 0.3) is 0 Å². The van der Waals surface area contributed by atoms with Crippen LogP contribution in [0, 0.1) is 6.92 Å². The molecule has 0 aliphatic rings. The molecule has 0 spiro atoms. The molecule has 0 aliphatic carbocycles. The van der Waals surface area contributed by atoms with Crippen molar-refractivity contribution in [1.29, 1.82) is 0 Å². The molecule has 1 aromatic carbocycles. The van der Waals surface area contributed by atoms with E-state index in [-0.39, 0.29) is 25.2 Å². The second kappa shape index (κ2) is 7.84. The zero-order chi connectivity index (χ0) is 14.3. The van der Waals surface area contributed by atoms with Gasteiger partial charge in [0.05, 0.1) is 13.7 Å². The molecule has 5 heteroatoms. The van der Waals surface area contributed by atoms with Crippen molar-refractivity contribution >= 4 is 5.78 Å². The van der Waals surface area contributed by atoms with Gasteiger partial charge in [0, 0.05) is 18.4 Å². The van der Waals surface area contributed by atoms with Crippen molar-refractivity contribution in [3.63, 3.8) is 0 Å². The number of hydrogen-bond acceptors (Lipinski definition) is 3. The fourth-order valence-electron chi connectivity index (χ4n) is 1.70. The molecule has 0 radical (unpaired) electrons. The molecule has 0 atom stereocenters. The monoisotopic (exact) mass is 272 g/mol. The van der Waals surface area contributed by atoms with Crippen LogP contribution in [0.4, 0.5) is 8.78 Å². The summed E-state index contributed by atoms with van der Waals surface area (Å²) in [5, 5.41) is 0. The van der Waals surface area contributed by atoms with E-state index in [9.17, 15) is 13.6 Å². The Morgan fingerprint density at radius 1 is 1.37 bits per heavy atom. The van der Waals surface area contributed by atoms with Gasteiger partial charge < -0.3 is 9.47 Å². The minimum atomic E-state index is -2.49. The molecule has 106 valence electrons. The van der Waals surface area contributed by atoms with Gasteiger partial charge in [0.15, 0.2) is 0 Å². The van der Waals surface area contributed by atoms with Crippen LogP contribution in [0.3, 0.4) is 0 Å². The maximum absolute atomic E-state index is 11.8. The zero-order valence-electron chi connectivity index (χ0n) is 11.1. The number of carbonyl (C=O) groups excluding carboxylic acids is 1. The molecule has 0 saturated heterocycles. The number of ether oxygens (including phenoxy) is 2. The van der Waals surface area contributed by atoms with E-state index in [2.05, 4.69) is 4.74 Å². The number of rotatable bonds is 8. The van der Waals surface area contributed by atoms with E-state index in [0.717, 1.165) is 11.1 Å². The van der Waals surface area contributed by atoms with E-state index in [4.69, 9.17) is 4.74 Å². The summed E-state index contributed by atoms with van der Waals surface area (Å²) in [5.74, 6) is 0.602. The minimum absolute atomic E-state index is 0.0251. The predicted octanol–water partition coefficient (Wildman–Crippen LogP) is 2.79. The van der Waals surface area contributed by atoms with Gasteiger partial charge >= 0.3 is 0 Å². The van der Waals surface area contributed by atoms with Crippen LogP contribution >= 0.6 is 0 Å². The summed E-state index contributed by atoms with van der Waals surface area (Å²) in [7, 11) is 1.55. The van der Waals surface area contributed by atoms with Crippen molar-refractivity contribution in [3.8, 4) is 5.75 Å². The van der Waals surface area contributed by atoms with Crippen molar-refractivity contribution in [1.82, 2.24) is 0 Å². The van der Waals surface area contributed by atoms with E-state index >= 15 is 0 Å². The zero-order valence-corrected chi connectivity index (χ0v) is 11.1. The molecule has 1 rings (SSSR count). The molecular weight excluding hydrogens is 254 g/mol. The van der Waals surface area contributed by atoms with Gasteiger partial charge in [-0.2, -0.15) is 0 Å². The topological polar surface area (TPSA) is 35.5 Å². The number of alkyl halides is 2. The molecule has 3 nitrogen and oxygen atoms in total. The van der Waals surface area contributed by atoms with E-state index in [1.807, 2.05) is 25.1 Å². The van der Waals surface area contributed by atoms with Gasteiger partial charge in [0.2, 0.25) is 0 Å². The quantitative estimate of drug-likeness (QED) is 0.683. The second-order valence-electron chi connectivity index (χ2n) is 4.25. The summed E-state index contributed by atoms with van der Waals surface area (Å²) in [5.41, 5.74) is 1.85. The highest BCUT2D eigenvalue weighted by Gasteiger charge is 2.10. The molecule has 0 N–H and O–H groups in total. The first-order chi connectivity index (χ1) is 9.02. The molecule has 0 saturated carbocycles. The normalized spacial score (nSPS) is 10.8. The molecule has 19 heavy (non-hydrogen) atoms. The fraction of sp³-hybridized carbons (Fsp3) is 0.500. The molecular formula is C14H18F2O3. The molecule has 0 aromatic heterocycles. The van der Waals surface area contributed by atoms with Crippen LogP contribution in [0.15, 0.2) is 18.2 Å². The lowest BCUT2D eigenvalue weighted by Crippen LogP contribution is -2.11. The summed E-state index contributed by atoms with van der Waals surface area (Å²) >= 11 is 0. The van der Waals surface area contributed by atoms with Crippen molar-refractivity contribution in [3.05, 3.63) is 29.3 Å². The number of benzene rings is 1. The fourth-order valence-corrected chi connectivity index (χ4v) is 1.70. The van der Waals surface area contributed by atoms with Crippen LogP contribution in [0.5, 0.6) is 5.75 Å². The van der Waals surface area contributed by atoms with Crippen molar-refractivity contribution < 1.29 is 23.0 Å². The summed E-state index contributed by atoms with van der Waals surface area (Å²) in [4.78, 5) is 11.7. The Kier molecular flexibility index (Phi) is 6.42. The highest BCUT2D eigenvalue weighted by molar-refractivity contribution is 5.81. The summed E-state index contributed by atoms with van der Waals surface area (Å²) in [6, 6.07) is 5.60. The SMILES string of the molecule is COc1ccc(C)cc1CC(=O)CCOCC(F)F. The Labute approximate surface area is 111 Å². The van der Waals surface area contributed by atoms with Crippen LogP contribution in [0.2, 0.25) is 0 Å². The number of Topliss-reactive ketones (excluding diaryl/α,β-unsaturated/α-hetero) is 1. The van der Waals surface area contributed by atoms with Gasteiger partial charge in [-0.25, -0.2) is 8.78 Å². The van der Waals surface area contributed by atoms with E-state index in [0.29, 0.717) is 5.75 Å². The number of carbonyl (C=O) groups is 1. The van der Waals surface area contributed by atoms with E-state index < -0.39 is 13.0 Å². The van der Waals surface area contributed by atoms with E-state index in [1.54, 1.807) is 7.11 Å². The highest BCUT2D eigenvalue weighted by Crippen LogP contribution is 2.20. The minimum Gasteiger partial charge on any atom is -0.496 e. The Balaban J connectivity index is 2.45. The van der Waals surface area contributed by atoms with Gasteiger partial charge in [-0.05, 0) is 13.0 Å². The van der Waals surface area contributed by atoms with Crippen molar-refractivity contribution in [2.75, 3.05) is 20.3 Å². The van der Waals surface area contributed by atoms with Crippen molar-refractivity contribution in [2.24, 2.45) is 0 Å². The Bertz CT molecular complexity index is 419. The predicted molar refractivity (Wildman–Crippen MR) is 67.9 cm³/mol. The lowest BCUT2D eigenvalue weighted by molar-refractivity contribution is -0.119. The van der Waals surface area contributed by atoms with Gasteiger partial charge in [0.25, 0.3) is 6.43 Å². The first-order valence-electron chi connectivity index (χ1n) is 6.04. The molecule has 1 aromatic rings. The van der Waals surface area contributed by atoms with Crippen LogP contribution in [-0.4, -0.2) is 32.5 Å². The number of aryl methyl sites for hydroxylation is 1. The first kappa shape index (κ1) is 15.6. The number of methoxy groups -OCH3 is 1. The Hall–Kier alpha value is -1.49. The third-order valence-electron chi connectivity index (χ3n) is 2.59. The second-order valence-corrected chi connectivity index (χ2v) is 4.25. The van der Waals surface area contributed by atoms with E-state index in [1.165, 1.54) is 0 Å². The average molecular weight is 272 g/mol. The van der Waals surface area contributed by atoms with Gasteiger partial charge in [-0.3, -0.25) is 4.79 Å². The van der Waals surface area contributed by atoms with Gasteiger partial charge in [0.1, 0.15) is 18.1 Å². The highest BCUT2D eigenvalue weighted by atomic mass is 19.3. The average Bonchev–Trinajstić information content (AvgIpc) is 2.35. The van der Waals surface area contributed by atoms with Crippen LogP contribution in [-0.2, 0) is 16.0 Å². The molecule has 0 aliphatic heterocycles. The molecule has 0 bridgehead atoms. The Morgan fingerprint density at radius 3 is 2.74 bits per heavy atom. The van der Waals surface area contributed by atoms with Crippen LogP contribution in [0.1, 0.15) is 17.5 Å². The summed E-state index contributed by atoms with van der Waals surface area (Å²) < 4.78 is 33.5. The van der Waals surface area contributed by atoms with Crippen LogP contribution < -0.4 is 4.74 Å². The lowest BCUT2D eigenvalue weighted by Gasteiger charge is -2.09. The summed E-state index contributed by atoms with van der Waals surface area (Å²) in [6.45, 7) is 1.33. The third kappa shape index (κ3) is 5.79. The lowest BCUT2D eigenvalue weighted by atomic mass is 10.0. The maximum Gasteiger partial charge on any atom is 0.261 e. The summed E-state index contributed by atoms with van der Waals surface area (Å²) in [6.07, 6.45) is -2.14. The smallest absolute Gasteiger partial charge is 0.261 e. The van der Waals surface area contributed by atoms with Gasteiger partial charge in [-0.1, -0.05) is 17.7 Å². The molecule has 0 unspecified atom stereocenters. The van der Waals surface area contributed by atoms with Crippen molar-refractivity contribution in [2.45, 2.75) is 26.2 Å². The van der Waals surface area contributed by atoms with Gasteiger partial charge in [-0.15, -0.1) is 0 Å². The number of ketones is 1. The number of halogens is 2. The molecule has 0 amide bonds. The number of hydrogen-bond donors (Lipinski definition) is 0. The standard InChI is InChI=1S/C14H18F2O3/c1-10-3-4-13(18-2)11(7-10)8-12(17)5-6-19-9-14(15)16/h3-4,7,14H,5-6,8-9H2,1-2H3. The third-order valence-corrected chi connectivity index (χ3v) is 2.59. The largest absolute Gasteiger partial charge is 0.496 e. The first-order valence-corrected chi connectivity index (χ1v) is 6.04. The maximum atomic E-state index is 11.8. The molecule has 0 fully saturated rings. The molecule has 0 heterocycles. The Morgan fingerprint density at radius 2 is 2.11 bits per heavy atom.